The Morgan fingerprint density at radius 3 is 2.79 bits per heavy atom. The number of aliphatic hydroxyl groups excluding tert-OH is 1. The van der Waals surface area contributed by atoms with Gasteiger partial charge >= 0.3 is 5.97 Å². The van der Waals surface area contributed by atoms with Crippen molar-refractivity contribution in [2.24, 2.45) is 0 Å². The van der Waals surface area contributed by atoms with E-state index in [9.17, 15) is 19.3 Å². The standard InChI is InChI=1S/C11H12FNO5S/c1-18-11(15)7-5-10(19-4-2-3-14)9(13(16)17)6-8(7)12/h5-6,14H,2-4H2,1H3. The van der Waals surface area contributed by atoms with Crippen molar-refractivity contribution in [1.29, 1.82) is 0 Å². The van der Waals surface area contributed by atoms with Crippen LogP contribution < -0.4 is 0 Å². The normalized spacial score (nSPS) is 10.3. The molecule has 0 fully saturated rings. The van der Waals surface area contributed by atoms with Gasteiger partial charge in [0.2, 0.25) is 0 Å². The SMILES string of the molecule is COC(=O)c1cc(SCCCO)c([N+](=O)[O-])cc1F. The lowest BCUT2D eigenvalue weighted by Crippen LogP contribution is -2.06. The van der Waals surface area contributed by atoms with Crippen molar-refractivity contribution >= 4 is 23.4 Å². The number of thioether (sulfide) groups is 1. The molecule has 0 heterocycles. The van der Waals surface area contributed by atoms with Crippen molar-refractivity contribution in [3.63, 3.8) is 0 Å². The van der Waals surface area contributed by atoms with Crippen molar-refractivity contribution < 1.29 is 24.0 Å². The summed E-state index contributed by atoms with van der Waals surface area (Å²) in [6.07, 6.45) is 0.437. The fourth-order valence-electron chi connectivity index (χ4n) is 1.31. The highest BCUT2D eigenvalue weighted by Crippen LogP contribution is 2.32. The predicted molar refractivity (Wildman–Crippen MR) is 66.8 cm³/mol. The number of benzene rings is 1. The van der Waals surface area contributed by atoms with Gasteiger partial charge in [-0.2, -0.15) is 0 Å². The maximum absolute atomic E-state index is 13.6. The molecule has 0 spiro atoms. The van der Waals surface area contributed by atoms with E-state index < -0.39 is 22.4 Å². The van der Waals surface area contributed by atoms with Crippen molar-refractivity contribution in [3.05, 3.63) is 33.6 Å². The summed E-state index contributed by atoms with van der Waals surface area (Å²) in [5.74, 6) is -1.47. The number of rotatable bonds is 6. The zero-order valence-corrected chi connectivity index (χ0v) is 10.9. The number of halogens is 1. The van der Waals surface area contributed by atoms with Crippen molar-refractivity contribution in [2.75, 3.05) is 19.5 Å². The average molecular weight is 289 g/mol. The number of ether oxygens (including phenoxy) is 1. The van der Waals surface area contributed by atoms with Crippen LogP contribution >= 0.6 is 11.8 Å². The third kappa shape index (κ3) is 3.90. The van der Waals surface area contributed by atoms with Crippen LogP contribution in [0.5, 0.6) is 0 Å². The van der Waals surface area contributed by atoms with Gasteiger partial charge in [-0.3, -0.25) is 10.1 Å². The summed E-state index contributed by atoms with van der Waals surface area (Å²) < 4.78 is 18.0. The Kier molecular flexibility index (Phi) is 5.71. The fourth-order valence-corrected chi connectivity index (χ4v) is 2.29. The van der Waals surface area contributed by atoms with Gasteiger partial charge in [-0.15, -0.1) is 11.8 Å². The highest BCUT2D eigenvalue weighted by atomic mass is 32.2. The number of esters is 1. The lowest BCUT2D eigenvalue weighted by molar-refractivity contribution is -0.387. The predicted octanol–water partition coefficient (Wildman–Crippen LogP) is 1.99. The van der Waals surface area contributed by atoms with Gasteiger partial charge in [-0.05, 0) is 12.5 Å². The fraction of sp³-hybridized carbons (Fsp3) is 0.364. The Morgan fingerprint density at radius 2 is 2.26 bits per heavy atom. The molecule has 1 N–H and O–H groups in total. The Labute approximate surface area is 112 Å². The Hall–Kier alpha value is -1.67. The first kappa shape index (κ1) is 15.4. The first-order chi connectivity index (χ1) is 9.01. The molecule has 0 saturated heterocycles. The summed E-state index contributed by atoms with van der Waals surface area (Å²) in [6.45, 7) is -0.0498. The van der Waals surface area contributed by atoms with Gasteiger partial charge in [0.15, 0.2) is 0 Å². The number of nitro benzene ring substituents is 1. The Balaban J connectivity index is 3.15. The quantitative estimate of drug-likeness (QED) is 0.283. The minimum atomic E-state index is -0.995. The minimum Gasteiger partial charge on any atom is -0.465 e. The zero-order valence-electron chi connectivity index (χ0n) is 10.1. The molecule has 1 aromatic rings. The van der Waals surface area contributed by atoms with Crippen LogP contribution in [0.3, 0.4) is 0 Å². The molecule has 0 bridgehead atoms. The summed E-state index contributed by atoms with van der Waals surface area (Å²) in [5.41, 5.74) is -0.757. The van der Waals surface area contributed by atoms with E-state index in [-0.39, 0.29) is 17.1 Å². The zero-order chi connectivity index (χ0) is 14.4. The largest absolute Gasteiger partial charge is 0.465 e. The Morgan fingerprint density at radius 1 is 1.58 bits per heavy atom. The van der Waals surface area contributed by atoms with Crippen LogP contribution in [0, 0.1) is 15.9 Å². The molecule has 104 valence electrons. The van der Waals surface area contributed by atoms with Crippen LogP contribution in [0.25, 0.3) is 0 Å². The van der Waals surface area contributed by atoms with Gasteiger partial charge in [0.1, 0.15) is 5.82 Å². The highest BCUT2D eigenvalue weighted by Gasteiger charge is 2.22. The van der Waals surface area contributed by atoms with Crippen LogP contribution in [0.15, 0.2) is 17.0 Å². The molecule has 0 saturated carbocycles. The lowest BCUT2D eigenvalue weighted by Gasteiger charge is -2.06. The summed E-state index contributed by atoms with van der Waals surface area (Å²) in [7, 11) is 1.10. The van der Waals surface area contributed by atoms with Crippen LogP contribution in [-0.4, -0.2) is 35.5 Å². The molecular weight excluding hydrogens is 277 g/mol. The second-order valence-electron chi connectivity index (χ2n) is 3.47. The Bertz CT molecular complexity index is 494. The average Bonchev–Trinajstić information content (AvgIpc) is 2.39. The summed E-state index contributed by atoms with van der Waals surface area (Å²) in [4.78, 5) is 21.6. The molecule has 0 atom stereocenters. The topological polar surface area (TPSA) is 89.7 Å². The van der Waals surface area contributed by atoms with Gasteiger partial charge in [0.05, 0.1) is 28.6 Å². The van der Waals surface area contributed by atoms with Crippen LogP contribution in [0.4, 0.5) is 10.1 Å². The van der Waals surface area contributed by atoms with Crippen molar-refractivity contribution in [1.82, 2.24) is 0 Å². The van der Waals surface area contributed by atoms with E-state index in [1.807, 2.05) is 0 Å². The smallest absolute Gasteiger partial charge is 0.340 e. The van der Waals surface area contributed by atoms with Crippen LogP contribution in [0.1, 0.15) is 16.8 Å². The molecule has 19 heavy (non-hydrogen) atoms. The maximum atomic E-state index is 13.6. The molecule has 0 aliphatic rings. The number of nitro groups is 1. The molecule has 6 nitrogen and oxygen atoms in total. The van der Waals surface area contributed by atoms with Crippen LogP contribution in [-0.2, 0) is 4.74 Å². The third-order valence-electron chi connectivity index (χ3n) is 2.21. The molecule has 0 amide bonds. The minimum absolute atomic E-state index is 0.0498. The first-order valence-electron chi connectivity index (χ1n) is 5.31. The number of aliphatic hydroxyl groups is 1. The van der Waals surface area contributed by atoms with Crippen molar-refractivity contribution in [2.45, 2.75) is 11.3 Å². The molecule has 0 aromatic heterocycles. The van der Waals surface area contributed by atoms with Crippen molar-refractivity contribution in [3.8, 4) is 0 Å². The monoisotopic (exact) mass is 289 g/mol. The molecule has 1 aromatic carbocycles. The number of hydrogen-bond donors (Lipinski definition) is 1. The number of methoxy groups -OCH3 is 1. The van der Waals surface area contributed by atoms with E-state index in [1.165, 1.54) is 0 Å². The van der Waals surface area contributed by atoms with Gasteiger partial charge in [0.25, 0.3) is 5.69 Å². The summed E-state index contributed by atoms with van der Waals surface area (Å²) in [6, 6.07) is 1.80. The van der Waals surface area contributed by atoms with E-state index >= 15 is 0 Å². The second kappa shape index (κ2) is 7.05. The molecule has 0 radical (unpaired) electrons. The molecule has 1 rings (SSSR count). The number of carbonyl (C=O) groups is 1. The number of hydrogen-bond acceptors (Lipinski definition) is 6. The molecular formula is C11H12FNO5S. The van der Waals surface area contributed by atoms with Gasteiger partial charge in [0, 0.05) is 12.4 Å². The lowest BCUT2D eigenvalue weighted by atomic mass is 10.2. The highest BCUT2D eigenvalue weighted by molar-refractivity contribution is 7.99. The molecule has 8 heteroatoms. The van der Waals surface area contributed by atoms with E-state index in [4.69, 9.17) is 5.11 Å². The van der Waals surface area contributed by atoms with E-state index in [2.05, 4.69) is 4.74 Å². The van der Waals surface area contributed by atoms with E-state index in [1.54, 1.807) is 0 Å². The molecule has 0 aliphatic carbocycles. The van der Waals surface area contributed by atoms with Gasteiger partial charge in [-0.25, -0.2) is 9.18 Å². The van der Waals surface area contributed by atoms with Crippen LogP contribution in [0.2, 0.25) is 0 Å². The summed E-state index contributed by atoms with van der Waals surface area (Å²) in [5, 5.41) is 19.5. The second-order valence-corrected chi connectivity index (χ2v) is 4.61. The van der Waals surface area contributed by atoms with Gasteiger partial charge < -0.3 is 9.84 Å². The maximum Gasteiger partial charge on any atom is 0.340 e. The van der Waals surface area contributed by atoms with Gasteiger partial charge in [-0.1, -0.05) is 0 Å². The number of nitrogens with zero attached hydrogens (tertiary/aromatic N) is 1. The molecule has 0 aliphatic heterocycles. The first-order valence-corrected chi connectivity index (χ1v) is 6.29. The number of carbonyl (C=O) groups excluding carboxylic acids is 1. The summed E-state index contributed by atoms with van der Waals surface area (Å²) >= 11 is 1.07. The van der Waals surface area contributed by atoms with E-state index in [0.29, 0.717) is 18.2 Å². The van der Waals surface area contributed by atoms with E-state index in [0.717, 1.165) is 24.9 Å². The third-order valence-corrected chi connectivity index (χ3v) is 3.34. The molecule has 0 unspecified atom stereocenters.